The first-order chi connectivity index (χ1) is 9.83. The van der Waals surface area contributed by atoms with Crippen molar-refractivity contribution in [3.05, 3.63) is 24.0 Å². The number of nitrogens with zero attached hydrogens (tertiary/aromatic N) is 2. The Bertz CT molecular complexity index is 585. The van der Waals surface area contributed by atoms with E-state index < -0.39 is 0 Å². The fraction of sp³-hybridized carbons (Fsp3) is 0.562. The predicted molar refractivity (Wildman–Crippen MR) is 82.6 cm³/mol. The molecule has 108 valence electrons. The summed E-state index contributed by atoms with van der Waals surface area (Å²) in [6.45, 7) is 0. The van der Waals surface area contributed by atoms with E-state index in [-0.39, 0.29) is 0 Å². The van der Waals surface area contributed by atoms with Gasteiger partial charge in [0.1, 0.15) is 11.6 Å². The molecule has 0 amide bonds. The standard InChI is InChI=1S/C16H21ClN2O/c1-20-13-8-9-14-15(10-13)19(16(11-17)18-14)12-6-4-2-3-5-7-12/h8-10,12H,2-7,11H2,1H3. The van der Waals surface area contributed by atoms with Gasteiger partial charge in [0.25, 0.3) is 0 Å². The van der Waals surface area contributed by atoms with Crippen molar-refractivity contribution in [1.82, 2.24) is 9.55 Å². The molecule has 1 fully saturated rings. The number of ether oxygens (including phenoxy) is 1. The second-order valence-electron chi connectivity index (χ2n) is 5.53. The molecule has 1 aromatic carbocycles. The number of aromatic nitrogens is 2. The summed E-state index contributed by atoms with van der Waals surface area (Å²) < 4.78 is 7.72. The van der Waals surface area contributed by atoms with Crippen LogP contribution in [0, 0.1) is 0 Å². The second-order valence-corrected chi connectivity index (χ2v) is 5.80. The molecule has 1 heterocycles. The number of fused-ring (bicyclic) bond motifs is 1. The van der Waals surface area contributed by atoms with Crippen molar-refractivity contribution in [3.63, 3.8) is 0 Å². The summed E-state index contributed by atoms with van der Waals surface area (Å²) in [5, 5.41) is 0. The zero-order chi connectivity index (χ0) is 13.9. The van der Waals surface area contributed by atoms with Crippen LogP contribution in [-0.2, 0) is 5.88 Å². The Morgan fingerprint density at radius 2 is 2.00 bits per heavy atom. The second kappa shape index (κ2) is 6.04. The lowest BCUT2D eigenvalue weighted by atomic mass is 10.1. The van der Waals surface area contributed by atoms with Gasteiger partial charge in [-0.05, 0) is 25.0 Å². The van der Waals surface area contributed by atoms with Gasteiger partial charge in [0.15, 0.2) is 0 Å². The Balaban J connectivity index is 2.09. The number of halogens is 1. The summed E-state index contributed by atoms with van der Waals surface area (Å²) in [6, 6.07) is 6.61. The third kappa shape index (κ3) is 2.51. The van der Waals surface area contributed by atoms with Crippen LogP contribution in [0.3, 0.4) is 0 Å². The molecule has 4 heteroatoms. The number of rotatable bonds is 3. The minimum Gasteiger partial charge on any atom is -0.497 e. The van der Waals surface area contributed by atoms with Crippen LogP contribution >= 0.6 is 11.6 Å². The first kappa shape index (κ1) is 13.7. The largest absolute Gasteiger partial charge is 0.497 e. The van der Waals surface area contributed by atoms with Gasteiger partial charge in [0.05, 0.1) is 24.0 Å². The van der Waals surface area contributed by atoms with E-state index in [0.29, 0.717) is 11.9 Å². The van der Waals surface area contributed by atoms with Crippen molar-refractivity contribution in [2.24, 2.45) is 0 Å². The molecule has 1 aliphatic carbocycles. The Morgan fingerprint density at radius 3 is 2.65 bits per heavy atom. The van der Waals surface area contributed by atoms with E-state index in [2.05, 4.69) is 15.6 Å². The molecule has 0 bridgehead atoms. The molecule has 0 N–H and O–H groups in total. The molecule has 1 aliphatic rings. The maximum Gasteiger partial charge on any atom is 0.125 e. The predicted octanol–water partition coefficient (Wildman–Crippen LogP) is 4.68. The molecule has 0 radical (unpaired) electrons. The van der Waals surface area contributed by atoms with Crippen LogP contribution < -0.4 is 4.74 Å². The van der Waals surface area contributed by atoms with Gasteiger partial charge in [-0.1, -0.05) is 25.7 Å². The molecule has 0 saturated heterocycles. The van der Waals surface area contributed by atoms with E-state index in [4.69, 9.17) is 16.3 Å². The average molecular weight is 293 g/mol. The summed E-state index contributed by atoms with van der Waals surface area (Å²) in [6.07, 6.45) is 7.76. The van der Waals surface area contributed by atoms with E-state index in [1.165, 1.54) is 38.5 Å². The maximum absolute atomic E-state index is 6.12. The third-order valence-corrected chi connectivity index (χ3v) is 4.52. The summed E-state index contributed by atoms with van der Waals surface area (Å²) in [5.74, 6) is 2.34. The van der Waals surface area contributed by atoms with Gasteiger partial charge in [0, 0.05) is 12.1 Å². The Hall–Kier alpha value is -1.22. The normalized spacial score (nSPS) is 17.3. The SMILES string of the molecule is COc1ccc2nc(CCl)n(C3CCCCCC3)c2c1. The van der Waals surface area contributed by atoms with Gasteiger partial charge in [-0.2, -0.15) is 0 Å². The molecule has 0 unspecified atom stereocenters. The van der Waals surface area contributed by atoms with Gasteiger partial charge >= 0.3 is 0 Å². The Labute approximate surface area is 124 Å². The molecule has 3 rings (SSSR count). The molecule has 0 aliphatic heterocycles. The first-order valence-electron chi connectivity index (χ1n) is 7.44. The smallest absolute Gasteiger partial charge is 0.125 e. The summed E-state index contributed by atoms with van der Waals surface area (Å²) >= 11 is 6.12. The van der Waals surface area contributed by atoms with E-state index in [0.717, 1.165) is 22.6 Å². The van der Waals surface area contributed by atoms with Crippen molar-refractivity contribution in [2.75, 3.05) is 7.11 Å². The van der Waals surface area contributed by atoms with Gasteiger partial charge in [-0.15, -0.1) is 11.6 Å². The highest BCUT2D eigenvalue weighted by atomic mass is 35.5. The zero-order valence-corrected chi connectivity index (χ0v) is 12.7. The van der Waals surface area contributed by atoms with Crippen LogP contribution in [-0.4, -0.2) is 16.7 Å². The number of alkyl halides is 1. The minimum absolute atomic E-state index is 0.466. The lowest BCUT2D eigenvalue weighted by Crippen LogP contribution is -2.11. The van der Waals surface area contributed by atoms with Crippen molar-refractivity contribution in [3.8, 4) is 5.75 Å². The number of hydrogen-bond acceptors (Lipinski definition) is 2. The van der Waals surface area contributed by atoms with Gasteiger partial charge in [0.2, 0.25) is 0 Å². The number of benzene rings is 1. The highest BCUT2D eigenvalue weighted by Crippen LogP contribution is 2.33. The zero-order valence-electron chi connectivity index (χ0n) is 11.9. The molecule has 1 aromatic heterocycles. The average Bonchev–Trinajstić information content (AvgIpc) is 2.65. The van der Waals surface area contributed by atoms with E-state index in [9.17, 15) is 0 Å². The van der Waals surface area contributed by atoms with Gasteiger partial charge in [-0.25, -0.2) is 4.98 Å². The van der Waals surface area contributed by atoms with Gasteiger partial charge in [-0.3, -0.25) is 0 Å². The monoisotopic (exact) mass is 292 g/mol. The quantitative estimate of drug-likeness (QED) is 0.607. The Kier molecular flexibility index (Phi) is 4.16. The van der Waals surface area contributed by atoms with E-state index in [1.54, 1.807) is 7.11 Å². The number of hydrogen-bond donors (Lipinski definition) is 0. The fourth-order valence-electron chi connectivity index (χ4n) is 3.27. The molecule has 2 aromatic rings. The maximum atomic E-state index is 6.12. The summed E-state index contributed by atoms with van der Waals surface area (Å²) in [7, 11) is 1.70. The molecule has 20 heavy (non-hydrogen) atoms. The van der Waals surface area contributed by atoms with Gasteiger partial charge < -0.3 is 9.30 Å². The van der Waals surface area contributed by atoms with Crippen LogP contribution in [0.1, 0.15) is 50.4 Å². The van der Waals surface area contributed by atoms with Crippen molar-refractivity contribution in [1.29, 1.82) is 0 Å². The third-order valence-electron chi connectivity index (χ3n) is 4.28. The number of imidazole rings is 1. The number of methoxy groups -OCH3 is 1. The fourth-order valence-corrected chi connectivity index (χ4v) is 3.46. The van der Waals surface area contributed by atoms with E-state index in [1.807, 2.05) is 12.1 Å². The molecular formula is C16H21ClN2O. The summed E-state index contributed by atoms with van der Waals surface area (Å²) in [4.78, 5) is 4.69. The van der Waals surface area contributed by atoms with Crippen LogP contribution in [0.2, 0.25) is 0 Å². The molecule has 0 spiro atoms. The molecule has 1 saturated carbocycles. The van der Waals surface area contributed by atoms with E-state index >= 15 is 0 Å². The van der Waals surface area contributed by atoms with Crippen molar-refractivity contribution in [2.45, 2.75) is 50.4 Å². The van der Waals surface area contributed by atoms with Crippen LogP contribution in [0.5, 0.6) is 5.75 Å². The lowest BCUT2D eigenvalue weighted by molar-refractivity contribution is 0.414. The van der Waals surface area contributed by atoms with Crippen LogP contribution in [0.4, 0.5) is 0 Å². The van der Waals surface area contributed by atoms with Crippen molar-refractivity contribution >= 4 is 22.6 Å². The molecular weight excluding hydrogens is 272 g/mol. The lowest BCUT2D eigenvalue weighted by Gasteiger charge is -2.19. The topological polar surface area (TPSA) is 27.1 Å². The Morgan fingerprint density at radius 1 is 1.25 bits per heavy atom. The first-order valence-corrected chi connectivity index (χ1v) is 7.97. The molecule has 0 atom stereocenters. The molecule has 3 nitrogen and oxygen atoms in total. The van der Waals surface area contributed by atoms with Crippen LogP contribution in [0.25, 0.3) is 11.0 Å². The van der Waals surface area contributed by atoms with Crippen molar-refractivity contribution < 1.29 is 4.74 Å². The summed E-state index contributed by atoms with van der Waals surface area (Å²) in [5.41, 5.74) is 2.18. The minimum atomic E-state index is 0.466. The van der Waals surface area contributed by atoms with Crippen LogP contribution in [0.15, 0.2) is 18.2 Å². The highest BCUT2D eigenvalue weighted by Gasteiger charge is 2.20. The highest BCUT2D eigenvalue weighted by molar-refractivity contribution is 6.16.